The van der Waals surface area contributed by atoms with Crippen LogP contribution in [0.15, 0.2) is 29.2 Å². The first-order valence-electron chi connectivity index (χ1n) is 8.35. The molecule has 1 aromatic rings. The van der Waals surface area contributed by atoms with E-state index in [2.05, 4.69) is 17.1 Å². The van der Waals surface area contributed by atoms with E-state index < -0.39 is 10.0 Å². The lowest BCUT2D eigenvalue weighted by molar-refractivity contribution is -0.122. The van der Waals surface area contributed by atoms with Crippen molar-refractivity contribution in [1.82, 2.24) is 14.5 Å². The topological polar surface area (TPSA) is 93.5 Å². The van der Waals surface area contributed by atoms with Crippen molar-refractivity contribution in [3.05, 3.63) is 29.8 Å². The Kier molecular flexibility index (Phi) is 6.53. The molecule has 1 N–H and O–H groups in total. The molecule has 0 radical (unpaired) electrons. The molecule has 1 heterocycles. The van der Waals surface area contributed by atoms with E-state index in [-0.39, 0.29) is 23.4 Å². The van der Waals surface area contributed by atoms with Crippen LogP contribution in [-0.2, 0) is 14.8 Å². The first-order valence-corrected chi connectivity index (χ1v) is 9.79. The summed E-state index contributed by atoms with van der Waals surface area (Å²) >= 11 is 0. The first kappa shape index (κ1) is 19.4. The van der Waals surface area contributed by atoms with E-state index in [9.17, 15) is 13.2 Å². The van der Waals surface area contributed by atoms with Crippen molar-refractivity contribution in [2.24, 2.45) is 0 Å². The maximum Gasteiger partial charge on any atom is 0.243 e. The molecule has 1 amide bonds. The second-order valence-electron chi connectivity index (χ2n) is 6.17. The first-order chi connectivity index (χ1) is 11.9. The minimum absolute atomic E-state index is 0.0676. The fourth-order valence-electron chi connectivity index (χ4n) is 2.84. The van der Waals surface area contributed by atoms with Gasteiger partial charge in [0.25, 0.3) is 0 Å². The molecule has 1 aliphatic rings. The second-order valence-corrected chi connectivity index (χ2v) is 8.22. The fraction of sp³-hybridized carbons (Fsp3) is 0.529. The highest BCUT2D eigenvalue weighted by Gasteiger charge is 2.25. The zero-order valence-electron chi connectivity index (χ0n) is 14.6. The SMILES string of the molecule is CCN1CCC(NC(=O)CN(C)S(=O)(=O)c2ccc(C#N)cc2)CC1. The number of nitrogens with zero attached hydrogens (tertiary/aromatic N) is 3. The summed E-state index contributed by atoms with van der Waals surface area (Å²) in [7, 11) is -2.38. The lowest BCUT2D eigenvalue weighted by Crippen LogP contribution is -2.47. The van der Waals surface area contributed by atoms with E-state index in [0.717, 1.165) is 36.8 Å². The quantitative estimate of drug-likeness (QED) is 0.805. The summed E-state index contributed by atoms with van der Waals surface area (Å²) in [6, 6.07) is 7.69. The van der Waals surface area contributed by atoms with E-state index in [0.29, 0.717) is 5.56 Å². The van der Waals surface area contributed by atoms with Crippen molar-refractivity contribution in [2.45, 2.75) is 30.7 Å². The van der Waals surface area contributed by atoms with Gasteiger partial charge in [-0.05, 0) is 43.7 Å². The smallest absolute Gasteiger partial charge is 0.243 e. The van der Waals surface area contributed by atoms with Crippen LogP contribution in [0, 0.1) is 11.3 Å². The van der Waals surface area contributed by atoms with E-state index >= 15 is 0 Å². The molecule has 8 heteroatoms. The van der Waals surface area contributed by atoms with Crippen LogP contribution in [0.5, 0.6) is 0 Å². The van der Waals surface area contributed by atoms with Crippen molar-refractivity contribution < 1.29 is 13.2 Å². The molecule has 0 spiro atoms. The van der Waals surface area contributed by atoms with Crippen LogP contribution in [0.2, 0.25) is 0 Å². The Morgan fingerprint density at radius 3 is 2.44 bits per heavy atom. The molecule has 0 unspecified atom stereocenters. The third kappa shape index (κ3) is 5.01. The summed E-state index contributed by atoms with van der Waals surface area (Å²) in [5, 5.41) is 11.7. The molecule has 1 aliphatic heterocycles. The van der Waals surface area contributed by atoms with Crippen LogP contribution in [0.3, 0.4) is 0 Å². The van der Waals surface area contributed by atoms with Gasteiger partial charge in [0.15, 0.2) is 0 Å². The molecular weight excluding hydrogens is 340 g/mol. The Morgan fingerprint density at radius 1 is 1.32 bits per heavy atom. The number of carbonyl (C=O) groups is 1. The van der Waals surface area contributed by atoms with Crippen molar-refractivity contribution in [2.75, 3.05) is 33.2 Å². The molecule has 0 atom stereocenters. The minimum Gasteiger partial charge on any atom is -0.352 e. The fourth-order valence-corrected chi connectivity index (χ4v) is 3.96. The predicted molar refractivity (Wildman–Crippen MR) is 94.3 cm³/mol. The molecule has 0 bridgehead atoms. The van der Waals surface area contributed by atoms with Crippen LogP contribution < -0.4 is 5.32 Å². The van der Waals surface area contributed by atoms with E-state index in [4.69, 9.17) is 5.26 Å². The van der Waals surface area contributed by atoms with Gasteiger partial charge in [0.2, 0.25) is 15.9 Å². The van der Waals surface area contributed by atoms with Crippen LogP contribution in [0.1, 0.15) is 25.3 Å². The van der Waals surface area contributed by atoms with Gasteiger partial charge in [0.1, 0.15) is 0 Å². The summed E-state index contributed by atoms with van der Waals surface area (Å²) in [6.45, 7) is 4.78. The monoisotopic (exact) mass is 364 g/mol. The number of hydrogen-bond acceptors (Lipinski definition) is 5. The van der Waals surface area contributed by atoms with Gasteiger partial charge in [0.05, 0.1) is 23.1 Å². The van der Waals surface area contributed by atoms with Crippen LogP contribution >= 0.6 is 0 Å². The molecular formula is C17H24N4O3S. The Balaban J connectivity index is 1.92. The molecule has 0 aromatic heterocycles. The highest BCUT2D eigenvalue weighted by molar-refractivity contribution is 7.89. The van der Waals surface area contributed by atoms with Gasteiger partial charge >= 0.3 is 0 Å². The van der Waals surface area contributed by atoms with Gasteiger partial charge in [-0.3, -0.25) is 4.79 Å². The molecule has 7 nitrogen and oxygen atoms in total. The number of nitriles is 1. The number of carbonyl (C=O) groups excluding carboxylic acids is 1. The summed E-state index contributed by atoms with van der Waals surface area (Å²) in [5.41, 5.74) is 0.387. The number of likely N-dealkylation sites (N-methyl/N-ethyl adjacent to an activating group) is 1. The van der Waals surface area contributed by atoms with Gasteiger partial charge in [0, 0.05) is 26.2 Å². The van der Waals surface area contributed by atoms with Crippen LogP contribution in [-0.4, -0.2) is 62.8 Å². The van der Waals surface area contributed by atoms with Crippen molar-refractivity contribution in [3.8, 4) is 6.07 Å². The average Bonchev–Trinajstić information content (AvgIpc) is 2.62. The number of hydrogen-bond donors (Lipinski definition) is 1. The molecule has 0 aliphatic carbocycles. The van der Waals surface area contributed by atoms with Crippen LogP contribution in [0.25, 0.3) is 0 Å². The van der Waals surface area contributed by atoms with E-state index in [1.807, 2.05) is 6.07 Å². The number of nitrogens with one attached hydrogen (secondary N) is 1. The third-order valence-electron chi connectivity index (χ3n) is 4.46. The standard InChI is InChI=1S/C17H24N4O3S/c1-3-21-10-8-15(9-11-21)19-17(22)13-20(2)25(23,24)16-6-4-14(12-18)5-7-16/h4-7,15H,3,8-11,13H2,1-2H3,(H,19,22). The van der Waals surface area contributed by atoms with E-state index in [1.165, 1.54) is 31.3 Å². The molecule has 136 valence electrons. The Hall–Kier alpha value is -1.95. The number of piperidine rings is 1. The number of likely N-dealkylation sites (tertiary alicyclic amines) is 1. The average molecular weight is 364 g/mol. The molecule has 1 aromatic carbocycles. The maximum atomic E-state index is 12.5. The highest BCUT2D eigenvalue weighted by Crippen LogP contribution is 2.15. The Labute approximate surface area is 149 Å². The number of benzene rings is 1. The van der Waals surface area contributed by atoms with Crippen LogP contribution in [0.4, 0.5) is 0 Å². The minimum atomic E-state index is -3.76. The summed E-state index contributed by atoms with van der Waals surface area (Å²) < 4.78 is 26.0. The van der Waals surface area contributed by atoms with Crippen molar-refractivity contribution >= 4 is 15.9 Å². The zero-order valence-corrected chi connectivity index (χ0v) is 15.4. The predicted octanol–water partition coefficient (Wildman–Crippen LogP) is 0.779. The maximum absolute atomic E-state index is 12.5. The zero-order chi connectivity index (χ0) is 18.4. The van der Waals surface area contributed by atoms with Gasteiger partial charge in [-0.25, -0.2) is 8.42 Å². The number of amides is 1. The van der Waals surface area contributed by atoms with Gasteiger partial charge in [-0.2, -0.15) is 9.57 Å². The number of sulfonamides is 1. The van der Waals surface area contributed by atoms with Gasteiger partial charge in [-0.1, -0.05) is 6.92 Å². The molecule has 25 heavy (non-hydrogen) atoms. The second kappa shape index (κ2) is 8.43. The Morgan fingerprint density at radius 2 is 1.92 bits per heavy atom. The van der Waals surface area contributed by atoms with Gasteiger partial charge in [-0.15, -0.1) is 0 Å². The summed E-state index contributed by atoms with van der Waals surface area (Å²) in [6.07, 6.45) is 1.76. The lowest BCUT2D eigenvalue weighted by atomic mass is 10.1. The molecule has 0 saturated carbocycles. The Bertz CT molecular complexity index is 732. The number of rotatable bonds is 6. The van der Waals surface area contributed by atoms with Crippen molar-refractivity contribution in [3.63, 3.8) is 0 Å². The summed E-state index contributed by atoms with van der Waals surface area (Å²) in [5.74, 6) is -0.297. The van der Waals surface area contributed by atoms with E-state index in [1.54, 1.807) is 0 Å². The largest absolute Gasteiger partial charge is 0.352 e. The molecule has 1 fully saturated rings. The lowest BCUT2D eigenvalue weighted by Gasteiger charge is -2.31. The third-order valence-corrected chi connectivity index (χ3v) is 6.28. The molecule has 1 saturated heterocycles. The normalized spacial score (nSPS) is 16.6. The summed E-state index contributed by atoms with van der Waals surface area (Å²) in [4.78, 5) is 14.6. The highest BCUT2D eigenvalue weighted by atomic mass is 32.2. The van der Waals surface area contributed by atoms with Crippen molar-refractivity contribution in [1.29, 1.82) is 5.26 Å². The molecule has 2 rings (SSSR count). The van der Waals surface area contributed by atoms with Gasteiger partial charge < -0.3 is 10.2 Å².